The molecule has 1 aromatic carbocycles. The van der Waals surface area contributed by atoms with Gasteiger partial charge in [-0.1, -0.05) is 56.5 Å². The lowest BCUT2D eigenvalue weighted by Crippen LogP contribution is -2.44. The van der Waals surface area contributed by atoms with E-state index < -0.39 is 0 Å². The van der Waals surface area contributed by atoms with E-state index >= 15 is 0 Å². The number of benzene rings is 1. The first-order valence-corrected chi connectivity index (χ1v) is 9.79. The van der Waals surface area contributed by atoms with E-state index in [1.54, 1.807) is 0 Å². The standard InChI is InChI=1S/C19H23ClN2OS/c1-12-6-5-9-17(13(12)2)22-18(23)10-14-11-24-19(21-14)15-7-3-4-8-16(15)20/h3-4,7-8,11-13,17H,5-6,9-10H2,1-2H3,(H,22,23). The van der Waals surface area contributed by atoms with E-state index in [9.17, 15) is 4.79 Å². The highest BCUT2D eigenvalue weighted by Gasteiger charge is 2.28. The van der Waals surface area contributed by atoms with Crippen molar-refractivity contribution >= 4 is 28.8 Å². The van der Waals surface area contributed by atoms with Gasteiger partial charge in [0, 0.05) is 17.0 Å². The van der Waals surface area contributed by atoms with Gasteiger partial charge in [-0.15, -0.1) is 11.3 Å². The highest BCUT2D eigenvalue weighted by Crippen LogP contribution is 2.31. The summed E-state index contributed by atoms with van der Waals surface area (Å²) in [5, 5.41) is 6.71. The molecule has 1 fully saturated rings. The molecule has 0 aliphatic heterocycles. The first-order valence-electron chi connectivity index (χ1n) is 8.53. The second-order valence-corrected chi connectivity index (χ2v) is 8.01. The number of rotatable bonds is 4. The van der Waals surface area contributed by atoms with Crippen molar-refractivity contribution in [3.63, 3.8) is 0 Å². The van der Waals surface area contributed by atoms with Crippen molar-refractivity contribution in [2.75, 3.05) is 0 Å². The summed E-state index contributed by atoms with van der Waals surface area (Å²) < 4.78 is 0. The van der Waals surface area contributed by atoms with Crippen LogP contribution in [0.5, 0.6) is 0 Å². The summed E-state index contributed by atoms with van der Waals surface area (Å²) in [7, 11) is 0. The van der Waals surface area contributed by atoms with Gasteiger partial charge >= 0.3 is 0 Å². The molecule has 1 aromatic heterocycles. The lowest BCUT2D eigenvalue weighted by Gasteiger charge is -2.34. The quantitative estimate of drug-likeness (QED) is 0.836. The average Bonchev–Trinajstić information content (AvgIpc) is 3.00. The van der Waals surface area contributed by atoms with Crippen LogP contribution in [0.25, 0.3) is 10.6 Å². The van der Waals surface area contributed by atoms with E-state index in [-0.39, 0.29) is 5.91 Å². The predicted molar refractivity (Wildman–Crippen MR) is 100 cm³/mol. The number of amides is 1. The molecule has 5 heteroatoms. The Labute approximate surface area is 152 Å². The fourth-order valence-electron chi connectivity index (χ4n) is 3.35. The fourth-order valence-corrected chi connectivity index (χ4v) is 4.49. The van der Waals surface area contributed by atoms with Crippen molar-refractivity contribution in [1.29, 1.82) is 0 Å². The Balaban J connectivity index is 1.62. The normalized spacial score (nSPS) is 23.9. The third kappa shape index (κ3) is 3.98. The van der Waals surface area contributed by atoms with Crippen LogP contribution in [-0.2, 0) is 11.2 Å². The van der Waals surface area contributed by atoms with Crippen molar-refractivity contribution in [3.8, 4) is 10.6 Å². The van der Waals surface area contributed by atoms with Crippen LogP contribution < -0.4 is 5.32 Å². The molecule has 1 aliphatic rings. The molecule has 1 aliphatic carbocycles. The summed E-state index contributed by atoms with van der Waals surface area (Å²) >= 11 is 7.75. The zero-order chi connectivity index (χ0) is 17.1. The summed E-state index contributed by atoms with van der Waals surface area (Å²) in [5.41, 5.74) is 1.73. The number of aromatic nitrogens is 1. The number of thiazole rings is 1. The van der Waals surface area contributed by atoms with Crippen LogP contribution >= 0.6 is 22.9 Å². The van der Waals surface area contributed by atoms with E-state index in [0.29, 0.717) is 29.3 Å². The van der Waals surface area contributed by atoms with Gasteiger partial charge in [-0.25, -0.2) is 4.98 Å². The summed E-state index contributed by atoms with van der Waals surface area (Å²) in [5.74, 6) is 1.28. The predicted octanol–water partition coefficient (Wildman–Crippen LogP) is 4.95. The summed E-state index contributed by atoms with van der Waals surface area (Å²) in [6.07, 6.45) is 3.88. The smallest absolute Gasteiger partial charge is 0.226 e. The van der Waals surface area contributed by atoms with Gasteiger partial charge < -0.3 is 5.32 Å². The number of halogens is 1. The molecule has 0 saturated heterocycles. The largest absolute Gasteiger partial charge is 0.353 e. The number of hydrogen-bond acceptors (Lipinski definition) is 3. The van der Waals surface area contributed by atoms with Gasteiger partial charge in [0.05, 0.1) is 17.1 Å². The van der Waals surface area contributed by atoms with E-state index in [4.69, 9.17) is 11.6 Å². The van der Waals surface area contributed by atoms with Gasteiger partial charge in [-0.3, -0.25) is 4.79 Å². The van der Waals surface area contributed by atoms with Crippen LogP contribution in [0.2, 0.25) is 5.02 Å². The molecule has 1 saturated carbocycles. The molecular weight excluding hydrogens is 340 g/mol. The molecule has 0 spiro atoms. The maximum Gasteiger partial charge on any atom is 0.226 e. The van der Waals surface area contributed by atoms with Crippen molar-refractivity contribution in [2.45, 2.75) is 45.6 Å². The Morgan fingerprint density at radius 3 is 2.92 bits per heavy atom. The van der Waals surface area contributed by atoms with Crippen molar-refractivity contribution < 1.29 is 4.79 Å². The molecule has 1 heterocycles. The van der Waals surface area contributed by atoms with Gasteiger partial charge in [0.25, 0.3) is 0 Å². The molecular formula is C19H23ClN2OS. The first kappa shape index (κ1) is 17.4. The van der Waals surface area contributed by atoms with Crippen LogP contribution in [0.3, 0.4) is 0 Å². The lowest BCUT2D eigenvalue weighted by molar-refractivity contribution is -0.121. The third-order valence-corrected chi connectivity index (χ3v) is 6.30. The van der Waals surface area contributed by atoms with Crippen LogP contribution in [0.1, 0.15) is 38.8 Å². The molecule has 3 rings (SSSR count). The van der Waals surface area contributed by atoms with Crippen LogP contribution in [0.4, 0.5) is 0 Å². The Bertz CT molecular complexity index is 715. The molecule has 1 N–H and O–H groups in total. The zero-order valence-corrected chi connectivity index (χ0v) is 15.7. The molecule has 2 aromatic rings. The van der Waals surface area contributed by atoms with Crippen molar-refractivity contribution in [3.05, 3.63) is 40.4 Å². The first-order chi connectivity index (χ1) is 11.5. The molecule has 128 valence electrons. The summed E-state index contributed by atoms with van der Waals surface area (Å²) in [6, 6.07) is 7.95. The van der Waals surface area contributed by atoms with Gasteiger partial charge in [-0.05, 0) is 24.3 Å². The zero-order valence-electron chi connectivity index (χ0n) is 14.1. The van der Waals surface area contributed by atoms with Crippen LogP contribution in [0.15, 0.2) is 29.6 Å². The minimum Gasteiger partial charge on any atom is -0.353 e. The second kappa shape index (κ2) is 7.66. The van der Waals surface area contributed by atoms with Gasteiger partial charge in [0.1, 0.15) is 5.01 Å². The Hall–Kier alpha value is -1.39. The minimum absolute atomic E-state index is 0.0666. The van der Waals surface area contributed by atoms with Gasteiger partial charge in [-0.2, -0.15) is 0 Å². The Morgan fingerprint density at radius 1 is 1.33 bits per heavy atom. The van der Waals surface area contributed by atoms with E-state index in [0.717, 1.165) is 22.7 Å². The van der Waals surface area contributed by atoms with E-state index in [2.05, 4.69) is 24.1 Å². The molecule has 3 nitrogen and oxygen atoms in total. The summed E-state index contributed by atoms with van der Waals surface area (Å²) in [6.45, 7) is 4.52. The highest BCUT2D eigenvalue weighted by molar-refractivity contribution is 7.13. The minimum atomic E-state index is 0.0666. The van der Waals surface area contributed by atoms with E-state index in [1.807, 2.05) is 29.6 Å². The number of carbonyl (C=O) groups is 1. The van der Waals surface area contributed by atoms with Crippen molar-refractivity contribution in [2.24, 2.45) is 11.8 Å². The maximum absolute atomic E-state index is 12.4. The molecule has 1 amide bonds. The van der Waals surface area contributed by atoms with Crippen molar-refractivity contribution in [1.82, 2.24) is 10.3 Å². The lowest BCUT2D eigenvalue weighted by atomic mass is 9.78. The number of carbonyl (C=O) groups excluding carboxylic acids is 1. The second-order valence-electron chi connectivity index (χ2n) is 6.74. The number of nitrogens with one attached hydrogen (secondary N) is 1. The Morgan fingerprint density at radius 2 is 2.12 bits per heavy atom. The molecule has 0 radical (unpaired) electrons. The molecule has 3 atom stereocenters. The summed E-state index contributed by atoms with van der Waals surface area (Å²) in [4.78, 5) is 17.0. The molecule has 24 heavy (non-hydrogen) atoms. The fraction of sp³-hybridized carbons (Fsp3) is 0.474. The highest BCUT2D eigenvalue weighted by atomic mass is 35.5. The monoisotopic (exact) mass is 362 g/mol. The van der Waals surface area contributed by atoms with E-state index in [1.165, 1.54) is 24.2 Å². The van der Waals surface area contributed by atoms with Gasteiger partial charge in [0.15, 0.2) is 0 Å². The number of nitrogens with zero attached hydrogens (tertiary/aromatic N) is 1. The van der Waals surface area contributed by atoms with Crippen LogP contribution in [-0.4, -0.2) is 16.9 Å². The molecule has 3 unspecified atom stereocenters. The van der Waals surface area contributed by atoms with Crippen LogP contribution in [0, 0.1) is 11.8 Å². The topological polar surface area (TPSA) is 42.0 Å². The average molecular weight is 363 g/mol. The Kier molecular flexibility index (Phi) is 5.57. The third-order valence-electron chi connectivity index (χ3n) is 5.05. The molecule has 0 bridgehead atoms. The SMILES string of the molecule is CC1CCCC(NC(=O)Cc2csc(-c3ccccc3Cl)n2)C1C. The number of hydrogen-bond donors (Lipinski definition) is 1. The maximum atomic E-state index is 12.4. The van der Waals surface area contributed by atoms with Gasteiger partial charge in [0.2, 0.25) is 5.91 Å².